The molecule has 0 bridgehead atoms. The maximum Gasteiger partial charge on any atom is 0.219 e. The van der Waals surface area contributed by atoms with Crippen LogP contribution in [0.3, 0.4) is 0 Å². The van der Waals surface area contributed by atoms with Gasteiger partial charge >= 0.3 is 0 Å². The summed E-state index contributed by atoms with van der Waals surface area (Å²) in [5.41, 5.74) is 1.95. The number of para-hydroxylation sites is 1. The van der Waals surface area contributed by atoms with Crippen molar-refractivity contribution in [1.82, 2.24) is 9.88 Å². The fourth-order valence-corrected chi connectivity index (χ4v) is 3.44. The zero-order chi connectivity index (χ0) is 20.1. The van der Waals surface area contributed by atoms with Crippen molar-refractivity contribution in [3.63, 3.8) is 0 Å². The summed E-state index contributed by atoms with van der Waals surface area (Å²) in [5.74, 6) is 1.63. The molecule has 3 aromatic rings. The number of piperazine rings is 1. The van der Waals surface area contributed by atoms with Crippen molar-refractivity contribution in [1.29, 1.82) is 0 Å². The third-order valence-electron chi connectivity index (χ3n) is 4.83. The van der Waals surface area contributed by atoms with E-state index in [1.165, 1.54) is 5.69 Å². The molecule has 1 N–H and O–H groups in total. The highest BCUT2D eigenvalue weighted by molar-refractivity contribution is 6.30. The van der Waals surface area contributed by atoms with Gasteiger partial charge in [-0.1, -0.05) is 35.0 Å². The molecule has 0 unspecified atom stereocenters. The first-order valence-electron chi connectivity index (χ1n) is 9.40. The molecule has 1 saturated heterocycles. The van der Waals surface area contributed by atoms with E-state index in [-0.39, 0.29) is 0 Å². The summed E-state index contributed by atoms with van der Waals surface area (Å²) < 4.78 is 5.72. The van der Waals surface area contributed by atoms with E-state index in [1.54, 1.807) is 36.5 Å². The van der Waals surface area contributed by atoms with Gasteiger partial charge in [0.15, 0.2) is 5.84 Å². The molecule has 0 radical (unpaired) electrons. The molecule has 0 atom stereocenters. The van der Waals surface area contributed by atoms with E-state index in [4.69, 9.17) is 16.3 Å². The third kappa shape index (κ3) is 4.60. The predicted octanol–water partition coefficient (Wildman–Crippen LogP) is 4.49. The molecule has 2 aromatic carbocycles. The fraction of sp³-hybridized carbons (Fsp3) is 0.182. The van der Waals surface area contributed by atoms with E-state index in [9.17, 15) is 5.21 Å². The van der Waals surface area contributed by atoms with Crippen LogP contribution in [0.25, 0.3) is 0 Å². The fourth-order valence-electron chi connectivity index (χ4n) is 3.32. The number of pyridine rings is 1. The van der Waals surface area contributed by atoms with E-state index in [2.05, 4.69) is 32.1 Å². The van der Waals surface area contributed by atoms with Crippen molar-refractivity contribution >= 4 is 23.1 Å². The molecule has 0 saturated carbocycles. The van der Waals surface area contributed by atoms with Gasteiger partial charge in [-0.15, -0.1) is 0 Å². The second kappa shape index (κ2) is 8.84. The average molecular weight is 409 g/mol. The molecule has 4 rings (SSSR count). The number of aromatic nitrogens is 1. The lowest BCUT2D eigenvalue weighted by Crippen LogP contribution is -2.49. The number of hydrogen-bond acceptors (Lipinski definition) is 5. The summed E-state index contributed by atoms with van der Waals surface area (Å²) in [6.45, 7) is 3.23. The molecule has 1 aromatic heterocycles. The molecule has 29 heavy (non-hydrogen) atoms. The van der Waals surface area contributed by atoms with Crippen molar-refractivity contribution in [2.24, 2.45) is 5.16 Å². The van der Waals surface area contributed by atoms with Crippen molar-refractivity contribution < 1.29 is 9.94 Å². The largest absolute Gasteiger partial charge is 0.439 e. The second-order valence-electron chi connectivity index (χ2n) is 6.67. The Morgan fingerprint density at radius 3 is 2.28 bits per heavy atom. The smallest absolute Gasteiger partial charge is 0.219 e. The Hall–Kier alpha value is -3.25. The molecule has 0 amide bonds. The standard InChI is InChI=1S/C22H21ClN4O2/c23-18-7-9-20(10-8-18)29-21-11-6-17(16-24-21)22(25-28)27-14-12-26(13-15-27)19-4-2-1-3-5-19/h1-11,16,28H,12-15H2/b25-22-. The molecule has 7 heteroatoms. The number of hydrogen-bond donors (Lipinski definition) is 1. The summed E-state index contributed by atoms with van der Waals surface area (Å²) in [4.78, 5) is 8.73. The van der Waals surface area contributed by atoms with Gasteiger partial charge in [0.2, 0.25) is 5.88 Å². The number of amidine groups is 1. The number of oxime groups is 1. The van der Waals surface area contributed by atoms with Gasteiger partial charge < -0.3 is 19.7 Å². The van der Waals surface area contributed by atoms with E-state index in [0.717, 1.165) is 31.7 Å². The molecule has 2 heterocycles. The molecular weight excluding hydrogens is 388 g/mol. The van der Waals surface area contributed by atoms with Crippen molar-refractivity contribution in [3.8, 4) is 11.6 Å². The van der Waals surface area contributed by atoms with Crippen LogP contribution in [0.4, 0.5) is 5.69 Å². The van der Waals surface area contributed by atoms with E-state index < -0.39 is 0 Å². The predicted molar refractivity (Wildman–Crippen MR) is 114 cm³/mol. The van der Waals surface area contributed by atoms with Crippen LogP contribution in [-0.4, -0.2) is 47.1 Å². The molecule has 148 valence electrons. The van der Waals surface area contributed by atoms with Crippen LogP contribution in [0.15, 0.2) is 78.1 Å². The number of halogens is 1. The van der Waals surface area contributed by atoms with Crippen LogP contribution >= 0.6 is 11.6 Å². The lowest BCUT2D eigenvalue weighted by atomic mass is 10.2. The summed E-state index contributed by atoms with van der Waals surface area (Å²) >= 11 is 5.89. The average Bonchev–Trinajstić information content (AvgIpc) is 2.78. The second-order valence-corrected chi connectivity index (χ2v) is 7.11. The Bertz CT molecular complexity index is 954. The van der Waals surface area contributed by atoms with Gasteiger partial charge in [-0.2, -0.15) is 0 Å². The van der Waals surface area contributed by atoms with Gasteiger partial charge in [-0.3, -0.25) is 0 Å². The minimum absolute atomic E-state index is 0.460. The van der Waals surface area contributed by atoms with Crippen molar-refractivity contribution in [2.75, 3.05) is 31.1 Å². The van der Waals surface area contributed by atoms with Crippen molar-refractivity contribution in [3.05, 3.63) is 83.5 Å². The minimum atomic E-state index is 0.460. The number of rotatable bonds is 4. The van der Waals surface area contributed by atoms with Gasteiger partial charge in [0.25, 0.3) is 0 Å². The zero-order valence-electron chi connectivity index (χ0n) is 15.8. The van der Waals surface area contributed by atoms with Gasteiger partial charge in [-0.25, -0.2) is 4.98 Å². The summed E-state index contributed by atoms with van der Waals surface area (Å²) in [6, 6.07) is 21.0. The van der Waals surface area contributed by atoms with Crippen LogP contribution < -0.4 is 9.64 Å². The highest BCUT2D eigenvalue weighted by Crippen LogP contribution is 2.22. The SMILES string of the molecule is O/N=C(/c1ccc(Oc2ccc(Cl)cc2)nc1)N1CCN(c2ccccc2)CC1. The quantitative estimate of drug-likeness (QED) is 0.298. The number of benzene rings is 2. The highest BCUT2D eigenvalue weighted by Gasteiger charge is 2.22. The topological polar surface area (TPSA) is 61.2 Å². The first kappa shape index (κ1) is 19.1. The van der Waals surface area contributed by atoms with Gasteiger partial charge in [0.1, 0.15) is 5.75 Å². The Morgan fingerprint density at radius 1 is 0.931 bits per heavy atom. The summed E-state index contributed by atoms with van der Waals surface area (Å²) in [7, 11) is 0. The van der Waals surface area contributed by atoms with Gasteiger partial charge in [-0.05, 0) is 42.5 Å². The van der Waals surface area contributed by atoms with Crippen LogP contribution in [0.1, 0.15) is 5.56 Å². The molecule has 0 aliphatic carbocycles. The van der Waals surface area contributed by atoms with E-state index in [0.29, 0.717) is 22.5 Å². The molecule has 1 fully saturated rings. The Balaban J connectivity index is 1.40. The molecule has 0 spiro atoms. The monoisotopic (exact) mass is 408 g/mol. The minimum Gasteiger partial charge on any atom is -0.439 e. The summed E-state index contributed by atoms with van der Waals surface area (Å²) in [5, 5.41) is 13.8. The molecule has 6 nitrogen and oxygen atoms in total. The van der Waals surface area contributed by atoms with E-state index in [1.807, 2.05) is 24.3 Å². The number of anilines is 1. The third-order valence-corrected chi connectivity index (χ3v) is 5.08. The first-order chi connectivity index (χ1) is 14.2. The molecule has 1 aliphatic heterocycles. The van der Waals surface area contributed by atoms with Crippen LogP contribution in [0.2, 0.25) is 5.02 Å². The van der Waals surface area contributed by atoms with Crippen molar-refractivity contribution in [2.45, 2.75) is 0 Å². The van der Waals surface area contributed by atoms with E-state index >= 15 is 0 Å². The lowest BCUT2D eigenvalue weighted by Gasteiger charge is -2.37. The normalized spacial score (nSPS) is 14.7. The summed E-state index contributed by atoms with van der Waals surface area (Å²) in [6.07, 6.45) is 1.66. The highest BCUT2D eigenvalue weighted by atomic mass is 35.5. The first-order valence-corrected chi connectivity index (χ1v) is 9.77. The maximum atomic E-state index is 9.61. The zero-order valence-corrected chi connectivity index (χ0v) is 16.5. The number of ether oxygens (including phenoxy) is 1. The Morgan fingerprint density at radius 2 is 1.66 bits per heavy atom. The Labute approximate surface area is 174 Å². The van der Waals surface area contributed by atoms with Gasteiger partial charge in [0, 0.05) is 54.7 Å². The maximum absolute atomic E-state index is 9.61. The van der Waals surface area contributed by atoms with Crippen LogP contribution in [0.5, 0.6) is 11.6 Å². The van der Waals surface area contributed by atoms with Gasteiger partial charge in [0.05, 0.1) is 0 Å². The lowest BCUT2D eigenvalue weighted by molar-refractivity contribution is 0.296. The molecule has 1 aliphatic rings. The Kier molecular flexibility index (Phi) is 5.81. The van der Waals surface area contributed by atoms with Crippen LogP contribution in [0, 0.1) is 0 Å². The molecular formula is C22H21ClN4O2. The van der Waals surface area contributed by atoms with Crippen LogP contribution in [-0.2, 0) is 0 Å². The number of nitrogens with zero attached hydrogens (tertiary/aromatic N) is 4.